The number of benzene rings is 3. The average molecular weight is 445 g/mol. The fourth-order valence-electron chi connectivity index (χ4n) is 3.77. The van der Waals surface area contributed by atoms with Gasteiger partial charge in [-0.3, -0.25) is 9.59 Å². The Kier molecular flexibility index (Phi) is 6.69. The number of rotatable bonds is 7. The third-order valence-electron chi connectivity index (χ3n) is 5.40. The summed E-state index contributed by atoms with van der Waals surface area (Å²) in [5.41, 5.74) is 5.12. The van der Waals surface area contributed by atoms with Gasteiger partial charge < -0.3 is 14.8 Å². The summed E-state index contributed by atoms with van der Waals surface area (Å²) in [6, 6.07) is 22.7. The first-order valence-corrected chi connectivity index (χ1v) is 10.8. The van der Waals surface area contributed by atoms with E-state index in [9.17, 15) is 9.59 Å². The molecule has 1 aliphatic rings. The summed E-state index contributed by atoms with van der Waals surface area (Å²) in [6.45, 7) is 2.52. The van der Waals surface area contributed by atoms with E-state index in [-0.39, 0.29) is 11.8 Å². The number of hydrazine groups is 1. The lowest BCUT2D eigenvalue weighted by Gasteiger charge is -2.15. The molecule has 3 aromatic carbocycles. The number of amides is 2. The van der Waals surface area contributed by atoms with E-state index < -0.39 is 12.1 Å². The first-order valence-electron chi connectivity index (χ1n) is 10.8. The van der Waals surface area contributed by atoms with Gasteiger partial charge in [0.05, 0.1) is 13.7 Å². The molecule has 0 radical (unpaired) electrons. The monoisotopic (exact) mass is 444 g/mol. The highest BCUT2D eigenvalue weighted by Gasteiger charge is 2.47. The van der Waals surface area contributed by atoms with Crippen molar-refractivity contribution in [3.05, 3.63) is 95.6 Å². The largest absolute Gasteiger partial charge is 0.497 e. The van der Waals surface area contributed by atoms with E-state index in [1.165, 1.54) is 0 Å². The third kappa shape index (κ3) is 5.03. The number of hydrazone groups is 1. The van der Waals surface area contributed by atoms with E-state index in [0.717, 1.165) is 16.9 Å². The van der Waals surface area contributed by atoms with Gasteiger partial charge in [-0.2, -0.15) is 0 Å². The minimum absolute atomic E-state index is 0.290. The quantitative estimate of drug-likeness (QED) is 0.549. The Morgan fingerprint density at radius 1 is 1.00 bits per heavy atom. The van der Waals surface area contributed by atoms with Crippen LogP contribution in [0.25, 0.3) is 0 Å². The van der Waals surface area contributed by atoms with Gasteiger partial charge in [-0.25, -0.2) is 0 Å². The Balaban J connectivity index is 1.67. The molecule has 7 nitrogen and oxygen atoms in total. The van der Waals surface area contributed by atoms with Crippen molar-refractivity contribution in [3.8, 4) is 11.5 Å². The molecule has 1 heterocycles. The first kappa shape index (κ1) is 22.1. The van der Waals surface area contributed by atoms with Crippen LogP contribution in [0.5, 0.6) is 11.5 Å². The number of ether oxygens (including phenoxy) is 2. The highest BCUT2D eigenvalue weighted by molar-refractivity contribution is 5.98. The molecular weight excluding hydrogens is 418 g/mol. The van der Waals surface area contributed by atoms with Crippen molar-refractivity contribution < 1.29 is 23.7 Å². The molecule has 1 saturated heterocycles. The van der Waals surface area contributed by atoms with Crippen LogP contribution in [0.1, 0.15) is 34.5 Å². The fraction of sp³-hybridized carbons (Fsp3) is 0.192. The maximum atomic E-state index is 13.0. The summed E-state index contributed by atoms with van der Waals surface area (Å²) in [7, 11) is 1.60. The standard InChI is InChI=1S/C26H25N3O4/c1-3-33-22-13-9-18(10-14-22)17-29-24(19-11-15-21(32-2)16-12-19)23(26(31)28-29)27-25(30)20-7-5-4-6-8-20/h4-17,23-24H,3H2,1-2H3,(H-,27,28,30,31)/p+1/b29-17-/t23-,24+/m1/s1. The van der Waals surface area contributed by atoms with Crippen LogP contribution >= 0.6 is 0 Å². The van der Waals surface area contributed by atoms with E-state index in [1.54, 1.807) is 36.1 Å². The number of hydrogen-bond donors (Lipinski definition) is 2. The smallest absolute Gasteiger partial charge is 0.304 e. The van der Waals surface area contributed by atoms with Gasteiger partial charge in [0.25, 0.3) is 5.91 Å². The lowest BCUT2D eigenvalue weighted by Crippen LogP contribution is -2.42. The topological polar surface area (TPSA) is 79.7 Å². The van der Waals surface area contributed by atoms with Crippen LogP contribution in [0.4, 0.5) is 0 Å². The third-order valence-corrected chi connectivity index (χ3v) is 5.40. The summed E-state index contributed by atoms with van der Waals surface area (Å²) in [5, 5.41) is 2.90. The van der Waals surface area contributed by atoms with Crippen molar-refractivity contribution in [2.75, 3.05) is 13.7 Å². The molecule has 0 unspecified atom stereocenters. The van der Waals surface area contributed by atoms with Crippen molar-refractivity contribution in [1.29, 1.82) is 0 Å². The summed E-state index contributed by atoms with van der Waals surface area (Å²) in [5.74, 6) is 0.891. The molecule has 2 amide bonds. The number of hydrogen-bond acceptors (Lipinski definition) is 4. The lowest BCUT2D eigenvalue weighted by atomic mass is 9.99. The predicted molar refractivity (Wildman–Crippen MR) is 125 cm³/mol. The minimum Gasteiger partial charge on any atom is -0.497 e. The van der Waals surface area contributed by atoms with E-state index in [0.29, 0.717) is 17.9 Å². The van der Waals surface area contributed by atoms with E-state index >= 15 is 0 Å². The van der Waals surface area contributed by atoms with Gasteiger partial charge in [-0.05, 0) is 67.6 Å². The van der Waals surface area contributed by atoms with Gasteiger partial charge >= 0.3 is 5.91 Å². The number of nitrogens with one attached hydrogen (secondary N) is 2. The van der Waals surface area contributed by atoms with E-state index in [2.05, 4.69) is 10.7 Å². The maximum Gasteiger partial charge on any atom is 0.304 e. The van der Waals surface area contributed by atoms with Crippen LogP contribution < -0.4 is 20.2 Å². The molecule has 7 heteroatoms. The second-order valence-electron chi connectivity index (χ2n) is 7.55. The zero-order valence-electron chi connectivity index (χ0n) is 18.5. The normalized spacial score (nSPS) is 18.6. The van der Waals surface area contributed by atoms with Crippen molar-refractivity contribution in [1.82, 2.24) is 10.7 Å². The molecule has 168 valence electrons. The molecule has 0 saturated carbocycles. The Morgan fingerprint density at radius 3 is 2.30 bits per heavy atom. The number of nitrogens with zero attached hydrogens (tertiary/aromatic N) is 1. The predicted octanol–water partition coefficient (Wildman–Crippen LogP) is 3.11. The molecule has 2 N–H and O–H groups in total. The van der Waals surface area contributed by atoms with Gasteiger partial charge in [0.15, 0.2) is 6.04 Å². The van der Waals surface area contributed by atoms with Crippen molar-refractivity contribution in [2.45, 2.75) is 19.0 Å². The fourth-order valence-corrected chi connectivity index (χ4v) is 3.77. The van der Waals surface area contributed by atoms with Crippen LogP contribution in [0.15, 0.2) is 78.9 Å². The zero-order chi connectivity index (χ0) is 23.2. The van der Waals surface area contributed by atoms with Crippen LogP contribution in [-0.2, 0) is 4.79 Å². The second-order valence-corrected chi connectivity index (χ2v) is 7.55. The van der Waals surface area contributed by atoms with Crippen LogP contribution in [0.2, 0.25) is 0 Å². The van der Waals surface area contributed by atoms with Crippen LogP contribution in [0.3, 0.4) is 0 Å². The maximum absolute atomic E-state index is 13.0. The van der Waals surface area contributed by atoms with Crippen LogP contribution in [0, 0.1) is 0 Å². The molecule has 0 aromatic heterocycles. The summed E-state index contributed by atoms with van der Waals surface area (Å²) in [6.07, 6.45) is 1.84. The summed E-state index contributed by atoms with van der Waals surface area (Å²) in [4.78, 5) is 25.8. The first-order chi connectivity index (χ1) is 16.1. The molecule has 0 bridgehead atoms. The molecule has 1 aliphatic heterocycles. The Bertz CT molecular complexity index is 1140. The zero-order valence-corrected chi connectivity index (χ0v) is 18.5. The molecule has 3 aromatic rings. The number of carbonyl (C=O) groups excluding carboxylic acids is 2. The van der Waals surface area contributed by atoms with E-state index in [1.807, 2.05) is 67.7 Å². The Hall–Kier alpha value is -4.13. The Labute approximate surface area is 192 Å². The molecule has 0 spiro atoms. The van der Waals surface area contributed by atoms with Gasteiger partial charge in [-0.1, -0.05) is 18.2 Å². The molecule has 2 atom stereocenters. The van der Waals surface area contributed by atoms with Crippen molar-refractivity contribution >= 4 is 18.0 Å². The number of carbonyl (C=O) groups is 2. The second kappa shape index (κ2) is 9.99. The molecular formula is C26H26N3O4+. The van der Waals surface area contributed by atoms with Crippen LogP contribution in [-0.4, -0.2) is 42.5 Å². The average Bonchev–Trinajstić information content (AvgIpc) is 3.15. The van der Waals surface area contributed by atoms with Gasteiger partial charge in [0.2, 0.25) is 12.3 Å². The highest BCUT2D eigenvalue weighted by atomic mass is 16.5. The van der Waals surface area contributed by atoms with Crippen molar-refractivity contribution in [3.63, 3.8) is 0 Å². The number of methoxy groups -OCH3 is 1. The van der Waals surface area contributed by atoms with Crippen molar-refractivity contribution in [2.24, 2.45) is 0 Å². The molecule has 33 heavy (non-hydrogen) atoms. The summed E-state index contributed by atoms with van der Waals surface area (Å²) >= 11 is 0. The van der Waals surface area contributed by atoms with Gasteiger partial charge in [0, 0.05) is 16.7 Å². The van der Waals surface area contributed by atoms with Gasteiger partial charge in [0.1, 0.15) is 11.5 Å². The van der Waals surface area contributed by atoms with E-state index in [4.69, 9.17) is 9.47 Å². The minimum atomic E-state index is -0.787. The lowest BCUT2D eigenvalue weighted by molar-refractivity contribution is -0.596. The SMILES string of the molecule is CCOc1ccc(/C=[N+]2\NC(=O)[C@H](NC(=O)c3ccccc3)[C@@H]2c2ccc(OC)cc2)cc1. The molecule has 4 rings (SSSR count). The molecule has 0 aliphatic carbocycles. The Morgan fingerprint density at radius 2 is 1.67 bits per heavy atom. The van der Waals surface area contributed by atoms with Gasteiger partial charge in [-0.15, -0.1) is 10.1 Å². The molecule has 1 fully saturated rings. The highest BCUT2D eigenvalue weighted by Crippen LogP contribution is 2.27. The summed E-state index contributed by atoms with van der Waals surface area (Å²) < 4.78 is 12.5.